The fourth-order valence-electron chi connectivity index (χ4n) is 8.62. The normalized spacial score (nSPS) is 54.9. The number of carbonyl (C=O) groups is 2. The third kappa shape index (κ3) is 2.07. The van der Waals surface area contributed by atoms with Crippen LogP contribution in [-0.2, 0) is 19.1 Å². The van der Waals surface area contributed by atoms with Crippen LogP contribution in [0, 0.1) is 22.7 Å². The van der Waals surface area contributed by atoms with Gasteiger partial charge in [0.15, 0.2) is 5.78 Å². The third-order valence-electron chi connectivity index (χ3n) is 10.0. The van der Waals surface area contributed by atoms with E-state index < -0.39 is 0 Å². The minimum Gasteiger partial charge on any atom is -0.458 e. The number of hydrogen-bond donors (Lipinski definition) is 0. The van der Waals surface area contributed by atoms with Crippen molar-refractivity contribution in [1.82, 2.24) is 0 Å². The number of thioether (sulfide) groups is 1. The van der Waals surface area contributed by atoms with Crippen molar-refractivity contribution in [2.75, 3.05) is 5.75 Å². The molecule has 2 aliphatic heterocycles. The molecule has 0 N–H and O–H groups in total. The van der Waals surface area contributed by atoms with Crippen LogP contribution in [-0.4, -0.2) is 40.1 Å². The Kier molecular flexibility index (Phi) is 3.72. The molecule has 3 saturated carbocycles. The van der Waals surface area contributed by atoms with E-state index in [0.29, 0.717) is 35.7 Å². The first-order valence-electron chi connectivity index (χ1n) is 11.5. The Morgan fingerprint density at radius 2 is 2.00 bits per heavy atom. The molecule has 2 saturated heterocycles. The lowest BCUT2D eigenvalue weighted by Crippen LogP contribution is -2.63. The van der Waals surface area contributed by atoms with Crippen molar-refractivity contribution in [3.05, 3.63) is 11.6 Å². The lowest BCUT2D eigenvalue weighted by Gasteiger charge is -2.59. The van der Waals surface area contributed by atoms with Crippen molar-refractivity contribution in [3.8, 4) is 0 Å². The van der Waals surface area contributed by atoms with Gasteiger partial charge in [-0.15, -0.1) is 0 Å². The molecular formula is C24H32O4S. The Labute approximate surface area is 177 Å². The maximum Gasteiger partial charge on any atom is 0.306 e. The SMILES string of the molecule is CCS[C@@H]1CC2=CC(=O)CC[C@]2(C)[C@@]23O[C@@H]2C[C@@]2(C)C(CC[C@@]24CCC(=O)O4)C13. The number of ketones is 1. The largest absolute Gasteiger partial charge is 0.458 e. The summed E-state index contributed by atoms with van der Waals surface area (Å²) < 4.78 is 12.9. The van der Waals surface area contributed by atoms with Gasteiger partial charge in [0, 0.05) is 34.8 Å². The number of carbonyl (C=O) groups excluding carboxylic acids is 2. The summed E-state index contributed by atoms with van der Waals surface area (Å²) >= 11 is 2.06. The van der Waals surface area contributed by atoms with Gasteiger partial charge in [0.2, 0.25) is 0 Å². The smallest absolute Gasteiger partial charge is 0.306 e. The van der Waals surface area contributed by atoms with Crippen molar-refractivity contribution >= 4 is 23.5 Å². The van der Waals surface area contributed by atoms with Crippen LogP contribution in [0.15, 0.2) is 11.6 Å². The minimum atomic E-state index is -0.270. The van der Waals surface area contributed by atoms with Crippen LogP contribution in [0.5, 0.6) is 0 Å². The lowest BCUT2D eigenvalue weighted by atomic mass is 9.46. The van der Waals surface area contributed by atoms with E-state index in [4.69, 9.17) is 9.47 Å². The van der Waals surface area contributed by atoms with Crippen molar-refractivity contribution < 1.29 is 19.1 Å². The maximum atomic E-state index is 12.3. The van der Waals surface area contributed by atoms with Crippen LogP contribution >= 0.6 is 11.8 Å². The Morgan fingerprint density at radius 1 is 1.17 bits per heavy atom. The highest BCUT2D eigenvalue weighted by Gasteiger charge is 2.82. The molecule has 2 unspecified atom stereocenters. The Balaban J connectivity index is 1.46. The molecule has 6 aliphatic rings. The fraction of sp³-hybridized carbons (Fsp3) is 0.833. The molecule has 8 atom stereocenters. The Morgan fingerprint density at radius 3 is 2.72 bits per heavy atom. The van der Waals surface area contributed by atoms with Crippen LogP contribution in [0.1, 0.15) is 72.1 Å². The van der Waals surface area contributed by atoms with Gasteiger partial charge in [0.25, 0.3) is 0 Å². The second kappa shape index (κ2) is 5.70. The molecule has 0 aromatic rings. The Hall–Kier alpha value is -0.810. The summed E-state index contributed by atoms with van der Waals surface area (Å²) in [6, 6.07) is 0. The average molecular weight is 417 g/mol. The molecule has 29 heavy (non-hydrogen) atoms. The average Bonchev–Trinajstić information content (AvgIpc) is 3.16. The highest BCUT2D eigenvalue weighted by atomic mass is 32.2. The van der Waals surface area contributed by atoms with Gasteiger partial charge in [0.05, 0.1) is 6.10 Å². The van der Waals surface area contributed by atoms with Gasteiger partial charge in [-0.25, -0.2) is 0 Å². The number of epoxide rings is 1. The van der Waals surface area contributed by atoms with Crippen molar-refractivity contribution in [2.45, 2.75) is 94.7 Å². The summed E-state index contributed by atoms with van der Waals surface area (Å²) in [6.45, 7) is 7.03. The topological polar surface area (TPSA) is 55.9 Å². The number of fused-ring (bicyclic) bond motifs is 4. The van der Waals surface area contributed by atoms with E-state index >= 15 is 0 Å². The van der Waals surface area contributed by atoms with Crippen molar-refractivity contribution in [3.63, 3.8) is 0 Å². The van der Waals surface area contributed by atoms with E-state index in [9.17, 15) is 9.59 Å². The molecule has 0 amide bonds. The van der Waals surface area contributed by atoms with Gasteiger partial charge < -0.3 is 9.47 Å². The van der Waals surface area contributed by atoms with E-state index in [1.165, 1.54) is 5.57 Å². The molecular weight excluding hydrogens is 384 g/mol. The highest BCUT2D eigenvalue weighted by Crippen LogP contribution is 2.78. The van der Waals surface area contributed by atoms with Crippen LogP contribution < -0.4 is 0 Å². The number of hydrogen-bond acceptors (Lipinski definition) is 5. The quantitative estimate of drug-likeness (QED) is 0.491. The van der Waals surface area contributed by atoms with Crippen LogP contribution in [0.25, 0.3) is 0 Å². The van der Waals surface area contributed by atoms with Gasteiger partial charge in [-0.05, 0) is 56.3 Å². The van der Waals surface area contributed by atoms with Crippen LogP contribution in [0.2, 0.25) is 0 Å². The predicted molar refractivity (Wildman–Crippen MR) is 112 cm³/mol. The third-order valence-corrected chi connectivity index (χ3v) is 11.3. The van der Waals surface area contributed by atoms with Gasteiger partial charge in [-0.3, -0.25) is 9.59 Å². The van der Waals surface area contributed by atoms with E-state index in [1.807, 2.05) is 6.08 Å². The van der Waals surface area contributed by atoms with Crippen molar-refractivity contribution in [2.24, 2.45) is 22.7 Å². The summed E-state index contributed by atoms with van der Waals surface area (Å²) in [5.74, 6) is 2.40. The minimum absolute atomic E-state index is 0.00784. The van der Waals surface area contributed by atoms with Gasteiger partial charge in [-0.2, -0.15) is 11.8 Å². The summed E-state index contributed by atoms with van der Waals surface area (Å²) in [5.41, 5.74) is 0.978. The van der Waals surface area contributed by atoms with Crippen LogP contribution in [0.3, 0.4) is 0 Å². The molecule has 4 nitrogen and oxygen atoms in total. The van der Waals surface area contributed by atoms with Crippen LogP contribution in [0.4, 0.5) is 0 Å². The first-order chi connectivity index (χ1) is 13.8. The molecule has 4 aliphatic carbocycles. The van der Waals surface area contributed by atoms with Gasteiger partial charge in [0.1, 0.15) is 11.2 Å². The molecule has 2 heterocycles. The molecule has 5 fully saturated rings. The summed E-state index contributed by atoms with van der Waals surface area (Å²) in [7, 11) is 0. The molecule has 158 valence electrons. The number of esters is 1. The molecule has 5 heteroatoms. The maximum absolute atomic E-state index is 12.3. The summed E-state index contributed by atoms with van der Waals surface area (Å²) in [6.07, 6.45) is 9.42. The zero-order valence-corrected chi connectivity index (χ0v) is 18.6. The van der Waals surface area contributed by atoms with E-state index in [0.717, 1.165) is 44.3 Å². The predicted octanol–water partition coefficient (Wildman–Crippen LogP) is 4.46. The van der Waals surface area contributed by atoms with Crippen molar-refractivity contribution in [1.29, 1.82) is 0 Å². The zero-order valence-electron chi connectivity index (χ0n) is 17.8. The molecule has 6 rings (SSSR count). The standard InChI is InChI=1S/C24H32O4S/c1-4-29-17-12-14-11-15(25)5-8-21(14,2)24-18(27-24)13-22(3)16(20(17)24)6-9-23(22)10-7-19(26)28-23/h11,16-18,20H,4-10,12-13H2,1-3H3/t16?,17-,18-,20?,21+,22+,23-,24-/m1/s1. The highest BCUT2D eigenvalue weighted by molar-refractivity contribution is 7.99. The summed E-state index contributed by atoms with van der Waals surface area (Å²) in [4.78, 5) is 24.4. The molecule has 0 bridgehead atoms. The molecule has 0 radical (unpaired) electrons. The van der Waals surface area contributed by atoms with E-state index in [1.54, 1.807) is 0 Å². The Bertz CT molecular complexity index is 837. The lowest BCUT2D eigenvalue weighted by molar-refractivity contribution is -0.164. The first kappa shape index (κ1) is 18.9. The van der Waals surface area contributed by atoms with Gasteiger partial charge >= 0.3 is 5.97 Å². The molecule has 0 aromatic carbocycles. The monoisotopic (exact) mass is 416 g/mol. The van der Waals surface area contributed by atoms with E-state index in [-0.39, 0.29) is 34.1 Å². The zero-order chi connectivity index (χ0) is 20.2. The first-order valence-corrected chi connectivity index (χ1v) is 12.6. The van der Waals surface area contributed by atoms with E-state index in [2.05, 4.69) is 32.5 Å². The van der Waals surface area contributed by atoms with Gasteiger partial charge in [-0.1, -0.05) is 26.3 Å². The second-order valence-electron chi connectivity index (χ2n) is 10.8. The summed E-state index contributed by atoms with van der Waals surface area (Å²) in [5, 5.41) is 0.493. The molecule has 0 aromatic heterocycles. The number of ether oxygens (including phenoxy) is 2. The number of rotatable bonds is 2. The molecule has 2 spiro atoms. The second-order valence-corrected chi connectivity index (χ2v) is 12.3. The fourth-order valence-corrected chi connectivity index (χ4v) is 9.94.